The van der Waals surface area contributed by atoms with Crippen LogP contribution in [0.3, 0.4) is 0 Å². The molecule has 100 valence electrons. The Balaban J connectivity index is 2.76. The fourth-order valence-corrected chi connectivity index (χ4v) is 1.44. The summed E-state index contributed by atoms with van der Waals surface area (Å²) in [5, 5.41) is 1.99. The van der Waals surface area contributed by atoms with E-state index in [0.29, 0.717) is 5.56 Å². The second-order valence-corrected chi connectivity index (χ2v) is 3.73. The van der Waals surface area contributed by atoms with E-state index in [1.165, 1.54) is 6.07 Å². The summed E-state index contributed by atoms with van der Waals surface area (Å²) in [4.78, 5) is 0. The highest BCUT2D eigenvalue weighted by molar-refractivity contribution is 5.33. The van der Waals surface area contributed by atoms with Gasteiger partial charge in [-0.25, -0.2) is 0 Å². The molecular weight excluding hydrogens is 234 g/mol. The smallest absolute Gasteiger partial charge is 0.125 e. The predicted octanol–water partition coefficient (Wildman–Crippen LogP) is 3.72. The van der Waals surface area contributed by atoms with Crippen molar-refractivity contribution in [2.45, 2.75) is 19.4 Å². The normalized spacial score (nSPS) is 23.5. The van der Waals surface area contributed by atoms with E-state index in [1.807, 2.05) is 5.32 Å². The van der Waals surface area contributed by atoms with Crippen molar-refractivity contribution in [3.8, 4) is 5.75 Å². The van der Waals surface area contributed by atoms with E-state index in [4.69, 9.17) is 19.8 Å². The van der Waals surface area contributed by atoms with Crippen LogP contribution in [0.1, 0.15) is 38.7 Å². The first kappa shape index (κ1) is 5.29. The van der Waals surface area contributed by atoms with Crippen LogP contribution in [0.2, 0.25) is 0 Å². The predicted molar refractivity (Wildman–Crippen MR) is 79.5 cm³/mol. The molecule has 0 saturated carbocycles. The summed E-state index contributed by atoms with van der Waals surface area (Å²) in [6, 6.07) is 2.52. The van der Waals surface area contributed by atoms with Crippen molar-refractivity contribution < 1.29 is 19.8 Å². The molecule has 1 unspecified atom stereocenters. The lowest BCUT2D eigenvalue weighted by Gasteiger charge is -2.20. The third kappa shape index (κ3) is 3.83. The van der Waals surface area contributed by atoms with Crippen molar-refractivity contribution in [2.24, 2.45) is 0 Å². The second kappa shape index (κ2) is 6.95. The molecule has 0 radical (unpaired) electrons. The van der Waals surface area contributed by atoms with Gasteiger partial charge in [0.15, 0.2) is 0 Å². The molecule has 0 aromatic heterocycles. The van der Waals surface area contributed by atoms with Crippen molar-refractivity contribution in [1.29, 1.82) is 0 Å². The van der Waals surface area contributed by atoms with Crippen LogP contribution in [0.4, 0.5) is 0 Å². The van der Waals surface area contributed by atoms with Gasteiger partial charge in [0.2, 0.25) is 0 Å². The number of benzene rings is 2. The van der Waals surface area contributed by atoms with Crippen LogP contribution in [0.25, 0.3) is 0 Å². The molecule has 0 amide bonds. The summed E-state index contributed by atoms with van der Waals surface area (Å²) in [5.74, 6) is 0.0528. The van der Waals surface area contributed by atoms with Crippen LogP contribution < -0.4 is 10.1 Å². The third-order valence-corrected chi connectivity index (χ3v) is 2.37. The van der Waals surface area contributed by atoms with Gasteiger partial charge in [0.05, 0.1) is 8.22 Å². The molecule has 2 nitrogen and oxygen atoms in total. The molecule has 2 aromatic rings. The Morgan fingerprint density at radius 1 is 1.37 bits per heavy atom. The summed E-state index contributed by atoms with van der Waals surface area (Å²) in [6.07, 6.45) is -5.69. The molecule has 0 saturated heterocycles. The summed E-state index contributed by atoms with van der Waals surface area (Å²) >= 11 is 0. The van der Waals surface area contributed by atoms with Gasteiger partial charge >= 0.3 is 0 Å². The molecule has 0 aliphatic rings. The maximum Gasteiger partial charge on any atom is 0.125 e. The fourth-order valence-electron chi connectivity index (χ4n) is 1.44. The summed E-state index contributed by atoms with van der Waals surface area (Å²) in [7, 11) is 0. The Bertz CT molecular complexity index is 915. The minimum atomic E-state index is -2.87. The van der Waals surface area contributed by atoms with Crippen molar-refractivity contribution in [3.63, 3.8) is 0 Å². The minimum absolute atomic E-state index is 0.0528. The van der Waals surface area contributed by atoms with Gasteiger partial charge in [-0.1, -0.05) is 48.4 Å². The van der Waals surface area contributed by atoms with Gasteiger partial charge in [0.1, 0.15) is 11.8 Å². The van der Waals surface area contributed by atoms with Crippen LogP contribution in [0.5, 0.6) is 5.75 Å². The highest BCUT2D eigenvalue weighted by Crippen LogP contribution is 2.26. The first-order valence-electron chi connectivity index (χ1n) is 11.2. The maximum atomic E-state index is 8.86. The maximum absolute atomic E-state index is 8.86. The lowest BCUT2D eigenvalue weighted by Crippen LogP contribution is -2.16. The van der Waals surface area contributed by atoms with Gasteiger partial charge in [0.25, 0.3) is 0 Å². The first-order chi connectivity index (χ1) is 13.6. The summed E-state index contributed by atoms with van der Waals surface area (Å²) in [5.41, 5.74) is -0.213. The molecule has 1 atom stereocenters. The largest absolute Gasteiger partial charge is 0.485 e. The molecule has 0 fully saturated rings. The zero-order valence-electron chi connectivity index (χ0n) is 21.4. The molecule has 0 aliphatic heterocycles. The number of hydrogen-bond donors (Lipinski definition) is 1. The number of para-hydroxylation sites is 1. The van der Waals surface area contributed by atoms with Gasteiger partial charge in [-0.3, -0.25) is 0 Å². The van der Waals surface area contributed by atoms with E-state index in [-0.39, 0.29) is 5.75 Å². The van der Waals surface area contributed by atoms with Gasteiger partial charge < -0.3 is 10.1 Å². The van der Waals surface area contributed by atoms with Crippen LogP contribution in [0, 0.1) is 6.92 Å². The molecule has 2 aromatic carbocycles. The van der Waals surface area contributed by atoms with Crippen LogP contribution in [-0.2, 0) is 0 Å². The van der Waals surface area contributed by atoms with Crippen molar-refractivity contribution in [3.05, 3.63) is 65.6 Å². The van der Waals surface area contributed by atoms with Gasteiger partial charge in [-0.05, 0) is 37.6 Å². The first-order valence-corrected chi connectivity index (χ1v) is 5.69. The topological polar surface area (TPSA) is 21.3 Å². The summed E-state index contributed by atoms with van der Waals surface area (Å²) in [6.45, 7) is -1.99. The molecule has 2 heteroatoms. The molecule has 0 heterocycles. The average Bonchev–Trinajstić information content (AvgIpc) is 2.64. The van der Waals surface area contributed by atoms with E-state index < -0.39 is 61.7 Å². The lowest BCUT2D eigenvalue weighted by atomic mass is 10.1. The fraction of sp³-hybridized carbons (Fsp3) is 0.294. The molecule has 0 spiro atoms. The van der Waals surface area contributed by atoms with E-state index in [1.54, 1.807) is 25.1 Å². The van der Waals surface area contributed by atoms with E-state index >= 15 is 0 Å². The number of hydrogen-bond acceptors (Lipinski definition) is 2. The Labute approximate surface area is 130 Å². The monoisotopic (exact) mass is 266 g/mol. The average molecular weight is 266 g/mol. The quantitative estimate of drug-likeness (QED) is 0.860. The zero-order chi connectivity index (χ0) is 23.1. The van der Waals surface area contributed by atoms with Gasteiger partial charge in [-0.2, -0.15) is 0 Å². The van der Waals surface area contributed by atoms with E-state index in [9.17, 15) is 0 Å². The Hall–Kier alpha value is -1.80. The third-order valence-electron chi connectivity index (χ3n) is 2.37. The molecule has 0 aliphatic carbocycles. The standard InChI is InChI=1S/C17H21NO/c1-14-8-6-7-11-16(14)19-17(12-13-18-2)15-9-4-3-5-10-15/h3-11,17-18H,12-13H2,1-2H3/i2D3,3D,4D,5D,9D,10D,12D2,17D. The molecule has 1 N–H and O–H groups in total. The number of ether oxygens (including phenoxy) is 1. The van der Waals surface area contributed by atoms with Crippen LogP contribution in [-0.4, -0.2) is 13.5 Å². The van der Waals surface area contributed by atoms with Crippen molar-refractivity contribution >= 4 is 0 Å². The van der Waals surface area contributed by atoms with Gasteiger partial charge in [-0.15, -0.1) is 0 Å². The highest BCUT2D eigenvalue weighted by Gasteiger charge is 2.13. The molecule has 19 heavy (non-hydrogen) atoms. The van der Waals surface area contributed by atoms with Crippen molar-refractivity contribution in [2.75, 3.05) is 13.5 Å². The molecule has 0 bridgehead atoms. The molecule has 2 rings (SSSR count). The van der Waals surface area contributed by atoms with E-state index in [2.05, 4.69) is 0 Å². The molecular formula is C17H21NO. The number of rotatable bonds is 6. The zero-order valence-corrected chi connectivity index (χ0v) is 10.4. The number of nitrogens with one attached hydrogen (secondary N) is 1. The lowest BCUT2D eigenvalue weighted by molar-refractivity contribution is 0.193. The second-order valence-electron chi connectivity index (χ2n) is 3.73. The SMILES string of the molecule is [2H]c1c([2H])c([2H])c(C([2H])(Oc2ccccc2C)C([2H])([2H])CNC([2H])([2H])[2H])c([2H])c1[2H]. The van der Waals surface area contributed by atoms with Crippen LogP contribution >= 0.6 is 0 Å². The Morgan fingerprint density at radius 3 is 2.89 bits per heavy atom. The van der Waals surface area contributed by atoms with Crippen LogP contribution in [0.15, 0.2) is 54.5 Å². The van der Waals surface area contributed by atoms with Gasteiger partial charge in [0, 0.05) is 13.2 Å². The van der Waals surface area contributed by atoms with Crippen molar-refractivity contribution in [1.82, 2.24) is 5.32 Å². The Morgan fingerprint density at radius 2 is 2.16 bits per heavy atom. The summed E-state index contributed by atoms with van der Waals surface area (Å²) < 4.78 is 92.9. The van der Waals surface area contributed by atoms with E-state index in [0.717, 1.165) is 0 Å². The highest BCUT2D eigenvalue weighted by atomic mass is 16.5. The number of aryl methyl sites for hydroxylation is 1. The minimum Gasteiger partial charge on any atom is -0.485 e. The Kier molecular flexibility index (Phi) is 1.94.